The number of nitrogens with one attached hydrogen (secondary N) is 2. The Bertz CT molecular complexity index is 521. The predicted octanol–water partition coefficient (Wildman–Crippen LogP) is 2.57. The molecule has 3 rings (SSSR count). The summed E-state index contributed by atoms with van der Waals surface area (Å²) in [5.74, 6) is 0.936. The summed E-state index contributed by atoms with van der Waals surface area (Å²) in [5.41, 5.74) is 2.15. The number of rotatable bonds is 1. The Morgan fingerprint density at radius 1 is 1.25 bits per heavy atom. The van der Waals surface area contributed by atoms with E-state index in [1.54, 1.807) is 0 Å². The van der Waals surface area contributed by atoms with Crippen LogP contribution in [0.5, 0.6) is 0 Å². The highest BCUT2D eigenvalue weighted by molar-refractivity contribution is 5.69. The molecule has 1 fully saturated rings. The van der Waals surface area contributed by atoms with Crippen molar-refractivity contribution in [1.82, 2.24) is 10.6 Å². The third-order valence-corrected chi connectivity index (χ3v) is 4.09. The molecule has 0 unspecified atom stereocenters. The smallest absolute Gasteiger partial charge is 0.408 e. The quantitative estimate of drug-likeness (QED) is 0.827. The van der Waals surface area contributed by atoms with Crippen molar-refractivity contribution in [3.63, 3.8) is 0 Å². The summed E-state index contributed by atoms with van der Waals surface area (Å²) in [7, 11) is 0. The third kappa shape index (κ3) is 2.40. The summed E-state index contributed by atoms with van der Waals surface area (Å²) >= 11 is 0. The fraction of sp³-hybridized carbons (Fsp3) is 0.562. The molecule has 4 nitrogen and oxygen atoms in total. The number of fused-ring (bicyclic) bond motifs is 3. The van der Waals surface area contributed by atoms with Crippen LogP contribution < -0.4 is 10.6 Å². The van der Waals surface area contributed by atoms with Crippen LogP contribution >= 0.6 is 0 Å². The Morgan fingerprint density at radius 2 is 1.95 bits per heavy atom. The fourth-order valence-corrected chi connectivity index (χ4v) is 3.37. The molecule has 1 aromatic rings. The second kappa shape index (κ2) is 4.77. The maximum absolute atomic E-state index is 12.1. The van der Waals surface area contributed by atoms with Gasteiger partial charge in [0.15, 0.2) is 0 Å². The molecule has 1 aromatic carbocycles. The largest absolute Gasteiger partial charge is 0.444 e. The highest BCUT2D eigenvalue weighted by atomic mass is 16.6. The van der Waals surface area contributed by atoms with E-state index in [4.69, 9.17) is 4.74 Å². The van der Waals surface area contributed by atoms with Gasteiger partial charge in [-0.15, -0.1) is 0 Å². The van der Waals surface area contributed by atoms with E-state index in [0.29, 0.717) is 11.8 Å². The van der Waals surface area contributed by atoms with Crippen molar-refractivity contribution in [1.29, 1.82) is 0 Å². The summed E-state index contributed by atoms with van der Waals surface area (Å²) in [5, 5.41) is 6.49. The molecule has 1 aliphatic carbocycles. The molecule has 0 aromatic heterocycles. The van der Waals surface area contributed by atoms with Gasteiger partial charge < -0.3 is 15.4 Å². The van der Waals surface area contributed by atoms with Gasteiger partial charge in [-0.25, -0.2) is 4.79 Å². The number of hydrogen-bond donors (Lipinski definition) is 2. The van der Waals surface area contributed by atoms with E-state index in [1.165, 1.54) is 11.1 Å². The molecule has 0 bridgehead atoms. The van der Waals surface area contributed by atoms with Crippen molar-refractivity contribution in [3.8, 4) is 0 Å². The van der Waals surface area contributed by atoms with Gasteiger partial charge in [0.05, 0.1) is 6.04 Å². The second-order valence-electron chi connectivity index (χ2n) is 6.68. The molecule has 4 heteroatoms. The number of carbonyl (C=O) groups excluding carboxylic acids is 1. The molecule has 1 amide bonds. The first-order valence-corrected chi connectivity index (χ1v) is 7.25. The van der Waals surface area contributed by atoms with E-state index in [9.17, 15) is 4.79 Å². The number of carbonyl (C=O) groups is 1. The van der Waals surface area contributed by atoms with Crippen LogP contribution in [0.3, 0.4) is 0 Å². The van der Waals surface area contributed by atoms with Crippen LogP contribution in [0.15, 0.2) is 24.3 Å². The number of amides is 1. The SMILES string of the molecule is CC(C)(C)OC(=O)N[C@H]1c2ccccc2[C@@H]2CNC[C@@H]21. The highest BCUT2D eigenvalue weighted by Crippen LogP contribution is 2.46. The number of benzene rings is 1. The minimum Gasteiger partial charge on any atom is -0.444 e. The van der Waals surface area contributed by atoms with Gasteiger partial charge in [-0.3, -0.25) is 0 Å². The van der Waals surface area contributed by atoms with Crippen molar-refractivity contribution < 1.29 is 9.53 Å². The number of ether oxygens (including phenoxy) is 1. The Hall–Kier alpha value is -1.55. The highest BCUT2D eigenvalue weighted by Gasteiger charge is 2.44. The van der Waals surface area contributed by atoms with Gasteiger partial charge in [0.1, 0.15) is 5.60 Å². The maximum atomic E-state index is 12.1. The van der Waals surface area contributed by atoms with E-state index in [0.717, 1.165) is 13.1 Å². The van der Waals surface area contributed by atoms with Gasteiger partial charge >= 0.3 is 6.09 Å². The summed E-state index contributed by atoms with van der Waals surface area (Å²) in [6.45, 7) is 7.59. The van der Waals surface area contributed by atoms with E-state index in [-0.39, 0.29) is 12.1 Å². The summed E-state index contributed by atoms with van der Waals surface area (Å²) in [6, 6.07) is 8.47. The fourth-order valence-electron chi connectivity index (χ4n) is 3.37. The van der Waals surface area contributed by atoms with E-state index in [2.05, 4.69) is 28.8 Å². The molecule has 20 heavy (non-hydrogen) atoms. The average molecular weight is 274 g/mol. The zero-order valence-electron chi connectivity index (χ0n) is 12.3. The first-order chi connectivity index (χ1) is 9.46. The first kappa shape index (κ1) is 13.4. The molecular formula is C16H22N2O2. The Morgan fingerprint density at radius 3 is 2.65 bits per heavy atom. The van der Waals surface area contributed by atoms with Gasteiger partial charge in [-0.05, 0) is 31.9 Å². The molecule has 0 radical (unpaired) electrons. The van der Waals surface area contributed by atoms with Crippen LogP contribution in [0.2, 0.25) is 0 Å². The second-order valence-corrected chi connectivity index (χ2v) is 6.68. The van der Waals surface area contributed by atoms with Crippen LogP contribution in [0.25, 0.3) is 0 Å². The normalized spacial score (nSPS) is 27.9. The lowest BCUT2D eigenvalue weighted by molar-refractivity contribution is 0.0490. The molecular weight excluding hydrogens is 252 g/mol. The monoisotopic (exact) mass is 274 g/mol. The van der Waals surface area contributed by atoms with Crippen molar-refractivity contribution in [2.75, 3.05) is 13.1 Å². The van der Waals surface area contributed by atoms with Crippen LogP contribution in [0.1, 0.15) is 43.9 Å². The molecule has 2 aliphatic rings. The van der Waals surface area contributed by atoms with Crippen molar-refractivity contribution in [2.45, 2.75) is 38.3 Å². The Balaban J connectivity index is 1.81. The van der Waals surface area contributed by atoms with Crippen LogP contribution in [-0.4, -0.2) is 24.8 Å². The van der Waals surface area contributed by atoms with E-state index >= 15 is 0 Å². The van der Waals surface area contributed by atoms with Gasteiger partial charge in [-0.1, -0.05) is 24.3 Å². The van der Waals surface area contributed by atoms with Crippen LogP contribution in [0, 0.1) is 5.92 Å². The molecule has 2 N–H and O–H groups in total. The molecule has 1 saturated heterocycles. The zero-order valence-corrected chi connectivity index (χ0v) is 12.3. The lowest BCUT2D eigenvalue weighted by atomic mass is 9.95. The summed E-state index contributed by atoms with van der Waals surface area (Å²) in [6.07, 6.45) is -0.329. The van der Waals surface area contributed by atoms with Gasteiger partial charge in [-0.2, -0.15) is 0 Å². The topological polar surface area (TPSA) is 50.4 Å². The molecule has 108 valence electrons. The van der Waals surface area contributed by atoms with Crippen molar-refractivity contribution in [2.24, 2.45) is 5.92 Å². The molecule has 1 aliphatic heterocycles. The van der Waals surface area contributed by atoms with E-state index in [1.807, 2.05) is 26.8 Å². The predicted molar refractivity (Wildman–Crippen MR) is 77.7 cm³/mol. The zero-order chi connectivity index (χ0) is 14.3. The number of alkyl carbamates (subject to hydrolysis) is 1. The molecule has 1 heterocycles. The summed E-state index contributed by atoms with van der Waals surface area (Å²) < 4.78 is 5.39. The minimum atomic E-state index is -0.463. The van der Waals surface area contributed by atoms with Crippen LogP contribution in [0.4, 0.5) is 4.79 Å². The van der Waals surface area contributed by atoms with Crippen molar-refractivity contribution in [3.05, 3.63) is 35.4 Å². The molecule has 3 atom stereocenters. The molecule has 0 spiro atoms. The van der Waals surface area contributed by atoms with Crippen molar-refractivity contribution >= 4 is 6.09 Å². The molecule has 0 saturated carbocycles. The lowest BCUT2D eigenvalue weighted by Gasteiger charge is -2.24. The number of hydrogen-bond acceptors (Lipinski definition) is 3. The van der Waals surface area contributed by atoms with Gasteiger partial charge in [0, 0.05) is 24.9 Å². The first-order valence-electron chi connectivity index (χ1n) is 7.25. The minimum absolute atomic E-state index is 0.0565. The standard InChI is InChI=1S/C16H22N2O2/c1-16(2,3)20-15(19)18-14-11-7-5-4-6-10(11)12-8-17-9-13(12)14/h4-7,12-14,17H,8-9H2,1-3H3,(H,18,19)/t12-,13-,14-/m0/s1. The third-order valence-electron chi connectivity index (χ3n) is 4.09. The maximum Gasteiger partial charge on any atom is 0.408 e. The van der Waals surface area contributed by atoms with E-state index < -0.39 is 5.60 Å². The lowest BCUT2D eigenvalue weighted by Crippen LogP contribution is -2.37. The van der Waals surface area contributed by atoms with Gasteiger partial charge in [0.2, 0.25) is 0 Å². The Kier molecular flexibility index (Phi) is 3.21. The average Bonchev–Trinajstić information content (AvgIpc) is 2.91. The van der Waals surface area contributed by atoms with Gasteiger partial charge in [0.25, 0.3) is 0 Å². The Labute approximate surface area is 119 Å². The summed E-state index contributed by atoms with van der Waals surface area (Å²) in [4.78, 5) is 12.1. The van der Waals surface area contributed by atoms with Crippen LogP contribution in [-0.2, 0) is 4.74 Å².